The highest BCUT2D eigenvalue weighted by Crippen LogP contribution is 2.27. The summed E-state index contributed by atoms with van der Waals surface area (Å²) < 4.78 is 5.86. The molecule has 0 N–H and O–H groups in total. The van der Waals surface area contributed by atoms with Gasteiger partial charge in [0, 0.05) is 0 Å². The van der Waals surface area contributed by atoms with Crippen molar-refractivity contribution in [3.63, 3.8) is 0 Å². The fraction of sp³-hybridized carbons (Fsp3) is 0.278. The van der Waals surface area contributed by atoms with Crippen LogP contribution in [0.15, 0.2) is 59.6 Å². The second-order valence-electron chi connectivity index (χ2n) is 5.34. The molecule has 0 aromatic heterocycles. The van der Waals surface area contributed by atoms with Gasteiger partial charge in [0.2, 0.25) is 0 Å². The van der Waals surface area contributed by atoms with Gasteiger partial charge in [-0.3, -0.25) is 0 Å². The lowest BCUT2D eigenvalue weighted by Crippen LogP contribution is -2.34. The topological polar surface area (TPSA) is 21.6 Å². The lowest BCUT2D eigenvalue weighted by atomic mass is 9.90. The van der Waals surface area contributed by atoms with Gasteiger partial charge in [0.05, 0.1) is 23.9 Å². The first-order chi connectivity index (χ1) is 10.3. The lowest BCUT2D eigenvalue weighted by Gasteiger charge is -2.31. The van der Waals surface area contributed by atoms with Crippen molar-refractivity contribution in [2.24, 2.45) is 4.99 Å². The lowest BCUT2D eigenvalue weighted by molar-refractivity contribution is -0.0182. The summed E-state index contributed by atoms with van der Waals surface area (Å²) in [6.07, 6.45) is 2.24. The Kier molecular flexibility index (Phi) is 4.56. The van der Waals surface area contributed by atoms with E-state index in [0.29, 0.717) is 18.8 Å². The Morgan fingerprint density at radius 2 is 1.67 bits per heavy atom. The van der Waals surface area contributed by atoms with Gasteiger partial charge >= 0.3 is 0 Å². The molecule has 3 heteroatoms. The van der Waals surface area contributed by atoms with Crippen LogP contribution in [0, 0.1) is 0 Å². The van der Waals surface area contributed by atoms with E-state index < -0.39 is 0 Å². The molecule has 2 aromatic carbocycles. The average molecular weight is 295 g/mol. The molecule has 0 amide bonds. The van der Waals surface area contributed by atoms with E-state index in [4.69, 9.17) is 4.74 Å². The maximum Gasteiger partial charge on any atom is 0.0720 e. The van der Waals surface area contributed by atoms with Crippen LogP contribution in [0.4, 0.5) is 0 Å². The van der Waals surface area contributed by atoms with Gasteiger partial charge in [-0.05, 0) is 41.7 Å². The van der Waals surface area contributed by atoms with Crippen LogP contribution >= 0.6 is 12.2 Å². The van der Waals surface area contributed by atoms with Crippen LogP contribution in [0.1, 0.15) is 18.4 Å². The van der Waals surface area contributed by atoms with Crippen LogP contribution in [0.2, 0.25) is 0 Å². The Balaban J connectivity index is 1.53. The SMILES string of the molecule is S=C=N[C@H]1C[C@@H](OCc2ccc(-c3ccccc3)cc2)C1. The predicted octanol–water partition coefficient (Wildman–Crippen LogP) is 4.50. The molecule has 1 aliphatic rings. The third-order valence-corrected chi connectivity index (χ3v) is 3.96. The van der Waals surface area contributed by atoms with Gasteiger partial charge in [0.1, 0.15) is 0 Å². The van der Waals surface area contributed by atoms with E-state index in [1.165, 1.54) is 16.7 Å². The first kappa shape index (κ1) is 14.2. The molecule has 0 spiro atoms. The standard InChI is InChI=1S/C18H17NOS/c21-13-19-17-10-18(11-17)20-12-14-6-8-16(9-7-14)15-4-2-1-3-5-15/h1-9,17-18H,10-12H2/t17-,18+. The number of aliphatic imine (C=N–C) groups is 1. The van der Waals surface area contributed by atoms with Crippen LogP contribution in [0.5, 0.6) is 0 Å². The molecule has 1 aliphatic carbocycles. The summed E-state index contributed by atoms with van der Waals surface area (Å²) in [5, 5.41) is 2.44. The molecule has 2 aromatic rings. The molecule has 0 atom stereocenters. The summed E-state index contributed by atoms with van der Waals surface area (Å²) in [4.78, 5) is 4.07. The van der Waals surface area contributed by atoms with Crippen molar-refractivity contribution in [1.29, 1.82) is 0 Å². The molecular formula is C18H17NOS. The summed E-state index contributed by atoms with van der Waals surface area (Å²) in [5.41, 5.74) is 3.68. The molecule has 21 heavy (non-hydrogen) atoms. The van der Waals surface area contributed by atoms with Crippen molar-refractivity contribution in [1.82, 2.24) is 0 Å². The highest BCUT2D eigenvalue weighted by molar-refractivity contribution is 7.78. The zero-order valence-corrected chi connectivity index (χ0v) is 12.6. The molecule has 0 bridgehead atoms. The monoisotopic (exact) mass is 295 g/mol. The number of ether oxygens (including phenoxy) is 1. The summed E-state index contributed by atoms with van der Waals surface area (Å²) in [6, 6.07) is 19.3. The third kappa shape index (κ3) is 3.64. The molecule has 0 saturated heterocycles. The van der Waals surface area contributed by atoms with Gasteiger partial charge in [-0.1, -0.05) is 54.6 Å². The molecule has 0 heterocycles. The van der Waals surface area contributed by atoms with Gasteiger partial charge in [0.25, 0.3) is 0 Å². The molecule has 106 valence electrons. The number of hydrogen-bond donors (Lipinski definition) is 0. The van der Waals surface area contributed by atoms with Crippen LogP contribution < -0.4 is 0 Å². The first-order valence-electron chi connectivity index (χ1n) is 7.18. The van der Waals surface area contributed by atoms with Gasteiger partial charge in [-0.25, -0.2) is 4.99 Å². The van der Waals surface area contributed by atoms with E-state index in [9.17, 15) is 0 Å². The molecule has 0 unspecified atom stereocenters. The van der Waals surface area contributed by atoms with Crippen LogP contribution in [-0.4, -0.2) is 17.3 Å². The second-order valence-corrected chi connectivity index (χ2v) is 5.52. The summed E-state index contributed by atoms with van der Waals surface area (Å²) in [7, 11) is 0. The first-order valence-corrected chi connectivity index (χ1v) is 7.59. The highest BCUT2D eigenvalue weighted by Gasteiger charge is 2.29. The van der Waals surface area contributed by atoms with E-state index in [1.807, 2.05) is 6.07 Å². The van der Waals surface area contributed by atoms with Crippen molar-refractivity contribution < 1.29 is 4.74 Å². The fourth-order valence-corrected chi connectivity index (χ4v) is 2.64. The minimum absolute atomic E-state index is 0.316. The Labute approximate surface area is 130 Å². The molecule has 0 aliphatic heterocycles. The van der Waals surface area contributed by atoms with Crippen molar-refractivity contribution >= 4 is 17.4 Å². The van der Waals surface area contributed by atoms with Gasteiger partial charge in [0.15, 0.2) is 0 Å². The number of isothiocyanates is 1. The normalized spacial score (nSPS) is 20.4. The van der Waals surface area contributed by atoms with Crippen LogP contribution in [-0.2, 0) is 11.3 Å². The fourth-order valence-electron chi connectivity index (χ4n) is 2.49. The Morgan fingerprint density at radius 1 is 1.00 bits per heavy atom. The van der Waals surface area contributed by atoms with E-state index in [0.717, 1.165) is 12.8 Å². The van der Waals surface area contributed by atoms with Crippen molar-refractivity contribution in [2.45, 2.75) is 31.6 Å². The molecular weight excluding hydrogens is 278 g/mol. The number of hydrogen-bond acceptors (Lipinski definition) is 3. The molecule has 0 radical (unpaired) electrons. The minimum atomic E-state index is 0.316. The number of thiocarbonyl (C=S) groups is 1. The smallest absolute Gasteiger partial charge is 0.0720 e. The Morgan fingerprint density at radius 3 is 2.33 bits per heavy atom. The van der Waals surface area contributed by atoms with Crippen molar-refractivity contribution in [3.05, 3.63) is 60.2 Å². The van der Waals surface area contributed by atoms with Gasteiger partial charge in [-0.15, -0.1) is 0 Å². The summed E-state index contributed by atoms with van der Waals surface area (Å²) in [5.74, 6) is 0. The summed E-state index contributed by atoms with van der Waals surface area (Å²) >= 11 is 4.60. The van der Waals surface area contributed by atoms with E-state index >= 15 is 0 Å². The zero-order chi connectivity index (χ0) is 14.5. The van der Waals surface area contributed by atoms with Crippen LogP contribution in [0.25, 0.3) is 11.1 Å². The molecule has 2 nitrogen and oxygen atoms in total. The number of nitrogens with zero attached hydrogens (tertiary/aromatic N) is 1. The maximum absolute atomic E-state index is 5.86. The van der Waals surface area contributed by atoms with Gasteiger partial charge < -0.3 is 4.74 Å². The van der Waals surface area contributed by atoms with Crippen LogP contribution in [0.3, 0.4) is 0 Å². The van der Waals surface area contributed by atoms with Crippen molar-refractivity contribution in [2.75, 3.05) is 0 Å². The van der Waals surface area contributed by atoms with Crippen molar-refractivity contribution in [3.8, 4) is 11.1 Å². The molecule has 1 saturated carbocycles. The predicted molar refractivity (Wildman–Crippen MR) is 88.5 cm³/mol. The minimum Gasteiger partial charge on any atom is -0.373 e. The Bertz CT molecular complexity index is 626. The second kappa shape index (κ2) is 6.77. The number of rotatable bonds is 5. The van der Waals surface area contributed by atoms with Gasteiger partial charge in [-0.2, -0.15) is 0 Å². The zero-order valence-electron chi connectivity index (χ0n) is 11.7. The number of benzene rings is 2. The maximum atomic E-state index is 5.86. The Hall–Kier alpha value is -1.80. The molecule has 1 fully saturated rings. The quantitative estimate of drug-likeness (QED) is 0.598. The van der Waals surface area contributed by atoms with E-state index in [2.05, 4.69) is 70.9 Å². The average Bonchev–Trinajstić information content (AvgIpc) is 2.51. The largest absolute Gasteiger partial charge is 0.373 e. The highest BCUT2D eigenvalue weighted by atomic mass is 32.1. The third-order valence-electron chi connectivity index (χ3n) is 3.85. The van der Waals surface area contributed by atoms with E-state index in [-0.39, 0.29) is 0 Å². The van der Waals surface area contributed by atoms with E-state index in [1.54, 1.807) is 0 Å². The summed E-state index contributed by atoms with van der Waals surface area (Å²) in [6.45, 7) is 0.660. The molecule has 3 rings (SSSR count).